The number of piperidine rings is 1. The van der Waals surface area contributed by atoms with Crippen LogP contribution in [-0.4, -0.2) is 65.3 Å². The molecule has 20 heavy (non-hydrogen) atoms. The van der Waals surface area contributed by atoms with E-state index in [-0.39, 0.29) is 30.6 Å². The van der Waals surface area contributed by atoms with Crippen molar-refractivity contribution in [2.45, 2.75) is 51.7 Å². The molecule has 1 rings (SSSR count). The highest BCUT2D eigenvalue weighted by Crippen LogP contribution is 2.20. The predicted octanol–water partition coefficient (Wildman–Crippen LogP) is 1.79. The highest BCUT2D eigenvalue weighted by atomic mass is 16.5. The van der Waals surface area contributed by atoms with Crippen molar-refractivity contribution in [1.82, 2.24) is 9.80 Å². The molecule has 116 valence electrons. The minimum Gasteiger partial charge on any atom is -0.481 e. The number of amides is 2. The van der Waals surface area contributed by atoms with E-state index in [1.807, 2.05) is 20.8 Å². The van der Waals surface area contributed by atoms with Crippen molar-refractivity contribution in [3.8, 4) is 0 Å². The Labute approximate surface area is 120 Å². The van der Waals surface area contributed by atoms with Gasteiger partial charge in [-0.1, -0.05) is 0 Å². The Morgan fingerprint density at radius 3 is 2.25 bits per heavy atom. The average Bonchev–Trinajstić information content (AvgIpc) is 2.37. The molecule has 0 unspecified atom stereocenters. The number of methoxy groups -OCH3 is 1. The van der Waals surface area contributed by atoms with Gasteiger partial charge in [-0.2, -0.15) is 0 Å². The molecule has 0 bridgehead atoms. The topological polar surface area (TPSA) is 70.1 Å². The Morgan fingerprint density at radius 1 is 1.30 bits per heavy atom. The fourth-order valence-electron chi connectivity index (χ4n) is 2.38. The van der Waals surface area contributed by atoms with Gasteiger partial charge in [0.25, 0.3) is 0 Å². The third-order valence-corrected chi connectivity index (χ3v) is 3.64. The maximum atomic E-state index is 12.6. The van der Waals surface area contributed by atoms with Crippen LogP contribution in [-0.2, 0) is 9.53 Å². The number of nitrogens with zero attached hydrogens (tertiary/aromatic N) is 2. The summed E-state index contributed by atoms with van der Waals surface area (Å²) in [5.74, 6) is -0.884. The third-order valence-electron chi connectivity index (χ3n) is 3.64. The van der Waals surface area contributed by atoms with Gasteiger partial charge in [-0.05, 0) is 33.6 Å². The fraction of sp³-hybridized carbons (Fsp3) is 0.857. The van der Waals surface area contributed by atoms with E-state index in [9.17, 15) is 9.59 Å². The summed E-state index contributed by atoms with van der Waals surface area (Å²) in [6.45, 7) is 7.34. The zero-order chi connectivity index (χ0) is 15.3. The molecule has 1 aliphatic rings. The predicted molar refractivity (Wildman–Crippen MR) is 75.7 cm³/mol. The van der Waals surface area contributed by atoms with E-state index in [2.05, 4.69) is 0 Å². The monoisotopic (exact) mass is 286 g/mol. The van der Waals surface area contributed by atoms with Gasteiger partial charge in [0.1, 0.15) is 0 Å². The molecule has 0 aliphatic carbocycles. The molecule has 1 fully saturated rings. The summed E-state index contributed by atoms with van der Waals surface area (Å²) in [7, 11) is 1.69. The first kappa shape index (κ1) is 16.8. The Balaban J connectivity index is 2.66. The van der Waals surface area contributed by atoms with Crippen LogP contribution in [0.15, 0.2) is 0 Å². The molecule has 0 aromatic heterocycles. The number of likely N-dealkylation sites (tertiary alicyclic amines) is 1. The van der Waals surface area contributed by atoms with Crippen molar-refractivity contribution in [3.63, 3.8) is 0 Å². The van der Waals surface area contributed by atoms with Gasteiger partial charge >= 0.3 is 12.0 Å². The molecule has 1 heterocycles. The minimum absolute atomic E-state index is 0.0302. The second-order valence-electron chi connectivity index (χ2n) is 6.17. The molecular weight excluding hydrogens is 260 g/mol. The first-order valence-electron chi connectivity index (χ1n) is 7.07. The van der Waals surface area contributed by atoms with E-state index in [0.717, 1.165) is 12.8 Å². The minimum atomic E-state index is -0.884. The normalized spacial score (nSPS) is 17.1. The van der Waals surface area contributed by atoms with E-state index in [4.69, 9.17) is 9.84 Å². The zero-order valence-corrected chi connectivity index (χ0v) is 12.9. The molecule has 2 amide bonds. The van der Waals surface area contributed by atoms with Crippen LogP contribution in [0.25, 0.3) is 0 Å². The molecule has 0 radical (unpaired) electrons. The molecule has 1 N–H and O–H groups in total. The Hall–Kier alpha value is -1.30. The number of rotatable bonds is 4. The summed E-state index contributed by atoms with van der Waals surface area (Å²) in [6, 6.07) is -0.0756. The SMILES string of the molecule is COC1CCN(C(=O)N(CCC(=O)O)C(C)(C)C)CC1. The summed E-state index contributed by atoms with van der Waals surface area (Å²) in [5, 5.41) is 8.82. The third kappa shape index (κ3) is 4.67. The van der Waals surface area contributed by atoms with Gasteiger partial charge in [0.05, 0.1) is 12.5 Å². The fourth-order valence-corrected chi connectivity index (χ4v) is 2.38. The number of carboxylic acids is 1. The van der Waals surface area contributed by atoms with Crippen LogP contribution < -0.4 is 0 Å². The molecule has 0 saturated carbocycles. The van der Waals surface area contributed by atoms with Crippen LogP contribution in [0.5, 0.6) is 0 Å². The van der Waals surface area contributed by atoms with E-state index in [1.165, 1.54) is 0 Å². The number of aliphatic carboxylic acids is 1. The lowest BCUT2D eigenvalue weighted by Gasteiger charge is -2.41. The summed E-state index contributed by atoms with van der Waals surface area (Å²) < 4.78 is 5.30. The van der Waals surface area contributed by atoms with Gasteiger partial charge < -0.3 is 19.6 Å². The quantitative estimate of drug-likeness (QED) is 0.855. The van der Waals surface area contributed by atoms with Gasteiger partial charge in [-0.25, -0.2) is 4.79 Å². The van der Waals surface area contributed by atoms with Crippen molar-refractivity contribution in [3.05, 3.63) is 0 Å². The summed E-state index contributed by atoms with van der Waals surface area (Å²) in [6.07, 6.45) is 1.86. The van der Waals surface area contributed by atoms with E-state index in [0.29, 0.717) is 13.1 Å². The van der Waals surface area contributed by atoms with Crippen LogP contribution in [0, 0.1) is 0 Å². The summed E-state index contributed by atoms with van der Waals surface area (Å²) in [5.41, 5.74) is -0.384. The molecule has 0 atom stereocenters. The smallest absolute Gasteiger partial charge is 0.320 e. The molecule has 1 aliphatic heterocycles. The van der Waals surface area contributed by atoms with Crippen molar-refractivity contribution in [2.75, 3.05) is 26.7 Å². The van der Waals surface area contributed by atoms with Crippen molar-refractivity contribution in [1.29, 1.82) is 0 Å². The Bertz CT molecular complexity index is 344. The van der Waals surface area contributed by atoms with E-state index < -0.39 is 5.97 Å². The lowest BCUT2D eigenvalue weighted by atomic mass is 10.0. The molecule has 6 heteroatoms. The van der Waals surface area contributed by atoms with Gasteiger partial charge in [0, 0.05) is 32.3 Å². The van der Waals surface area contributed by atoms with Gasteiger partial charge in [0.2, 0.25) is 0 Å². The Kier molecular flexibility index (Phi) is 5.80. The number of carboxylic acid groups (broad SMARTS) is 1. The second-order valence-corrected chi connectivity index (χ2v) is 6.17. The average molecular weight is 286 g/mol. The van der Waals surface area contributed by atoms with Gasteiger partial charge in [-0.3, -0.25) is 4.79 Å². The maximum absolute atomic E-state index is 12.6. The molecular formula is C14H26N2O4. The van der Waals surface area contributed by atoms with E-state index in [1.54, 1.807) is 16.9 Å². The van der Waals surface area contributed by atoms with Crippen molar-refractivity contribution in [2.24, 2.45) is 0 Å². The highest BCUT2D eigenvalue weighted by Gasteiger charge is 2.32. The van der Waals surface area contributed by atoms with Gasteiger partial charge in [-0.15, -0.1) is 0 Å². The highest BCUT2D eigenvalue weighted by molar-refractivity contribution is 5.76. The van der Waals surface area contributed by atoms with E-state index >= 15 is 0 Å². The first-order valence-corrected chi connectivity index (χ1v) is 7.07. The number of ether oxygens (including phenoxy) is 1. The van der Waals surface area contributed by atoms with Crippen molar-refractivity contribution < 1.29 is 19.4 Å². The molecule has 1 saturated heterocycles. The maximum Gasteiger partial charge on any atom is 0.320 e. The summed E-state index contributed by atoms with van der Waals surface area (Å²) >= 11 is 0. The number of hydrogen-bond donors (Lipinski definition) is 1. The standard InChI is InChI=1S/C14H26N2O4/c1-14(2,3)16(10-7-12(17)18)13(19)15-8-5-11(20-4)6-9-15/h11H,5-10H2,1-4H3,(H,17,18). The number of urea groups is 1. The molecule has 6 nitrogen and oxygen atoms in total. The van der Waals surface area contributed by atoms with Crippen LogP contribution in [0.4, 0.5) is 4.79 Å². The molecule has 0 aromatic rings. The summed E-state index contributed by atoms with van der Waals surface area (Å²) in [4.78, 5) is 26.8. The largest absolute Gasteiger partial charge is 0.481 e. The number of hydrogen-bond acceptors (Lipinski definition) is 3. The zero-order valence-electron chi connectivity index (χ0n) is 12.9. The second kappa shape index (κ2) is 6.92. The Morgan fingerprint density at radius 2 is 1.85 bits per heavy atom. The lowest BCUT2D eigenvalue weighted by Crippen LogP contribution is -2.54. The van der Waals surface area contributed by atoms with Crippen molar-refractivity contribution >= 4 is 12.0 Å². The molecule has 0 aromatic carbocycles. The first-order chi connectivity index (χ1) is 9.25. The van der Waals surface area contributed by atoms with Crippen LogP contribution in [0.2, 0.25) is 0 Å². The van der Waals surface area contributed by atoms with Gasteiger partial charge in [0.15, 0.2) is 0 Å². The van der Waals surface area contributed by atoms with Crippen LogP contribution in [0.3, 0.4) is 0 Å². The lowest BCUT2D eigenvalue weighted by molar-refractivity contribution is -0.137. The molecule has 0 spiro atoms. The number of carbonyl (C=O) groups excluding carboxylic acids is 1. The van der Waals surface area contributed by atoms with Crippen LogP contribution >= 0.6 is 0 Å². The van der Waals surface area contributed by atoms with Crippen LogP contribution in [0.1, 0.15) is 40.0 Å². The number of carbonyl (C=O) groups is 2.